The molecule has 0 amide bonds. The van der Waals surface area contributed by atoms with Crippen LogP contribution in [0.15, 0.2) is 24.3 Å². The third-order valence-electron chi connectivity index (χ3n) is 3.24. The highest BCUT2D eigenvalue weighted by Gasteiger charge is 2.16. The largest absolute Gasteiger partial charge is 0.0654 e. The lowest BCUT2D eigenvalue weighted by Crippen LogP contribution is -2.09. The van der Waals surface area contributed by atoms with E-state index in [0.717, 1.165) is 18.3 Å². The summed E-state index contributed by atoms with van der Waals surface area (Å²) in [7, 11) is 0. The van der Waals surface area contributed by atoms with Crippen LogP contribution in [0.3, 0.4) is 0 Å². The van der Waals surface area contributed by atoms with Crippen molar-refractivity contribution < 1.29 is 0 Å². The Kier molecular flexibility index (Phi) is 4.87. The Balaban J connectivity index is 2.98. The van der Waals surface area contributed by atoms with E-state index in [1.165, 1.54) is 18.4 Å². The van der Waals surface area contributed by atoms with E-state index in [9.17, 15) is 0 Å². The Labute approximate surface area is 94.7 Å². The average Bonchev–Trinajstić information content (AvgIpc) is 2.25. The van der Waals surface area contributed by atoms with Gasteiger partial charge in [-0.15, -0.1) is 0 Å². The molecule has 0 fully saturated rings. The van der Waals surface area contributed by atoms with Crippen LogP contribution in [0.2, 0.25) is 0 Å². The van der Waals surface area contributed by atoms with Crippen molar-refractivity contribution in [3.63, 3.8) is 0 Å². The second-order valence-corrected chi connectivity index (χ2v) is 4.69. The predicted molar refractivity (Wildman–Crippen MR) is 68.3 cm³/mol. The second kappa shape index (κ2) is 5.95. The van der Waals surface area contributed by atoms with Gasteiger partial charge in [-0.1, -0.05) is 58.4 Å². The summed E-state index contributed by atoms with van der Waals surface area (Å²) in [5.41, 5.74) is 3.11. The SMILES string of the molecule is CCCC(c1ccccc1CC)C(C)C. The van der Waals surface area contributed by atoms with E-state index in [1.807, 2.05) is 0 Å². The summed E-state index contributed by atoms with van der Waals surface area (Å²) in [6, 6.07) is 8.94. The molecule has 0 bridgehead atoms. The standard InChI is InChI=1S/C15H24/c1-5-9-14(12(3)4)15-11-8-7-10-13(15)6-2/h7-8,10-12,14H,5-6,9H2,1-4H3. The van der Waals surface area contributed by atoms with Gasteiger partial charge in [0.1, 0.15) is 0 Å². The first-order valence-corrected chi connectivity index (χ1v) is 6.28. The molecule has 0 heterocycles. The fourth-order valence-electron chi connectivity index (χ4n) is 2.38. The van der Waals surface area contributed by atoms with Gasteiger partial charge in [-0.25, -0.2) is 0 Å². The van der Waals surface area contributed by atoms with E-state index in [1.54, 1.807) is 5.56 Å². The van der Waals surface area contributed by atoms with Gasteiger partial charge in [0, 0.05) is 0 Å². The van der Waals surface area contributed by atoms with Gasteiger partial charge in [0.15, 0.2) is 0 Å². The molecule has 0 spiro atoms. The van der Waals surface area contributed by atoms with Gasteiger partial charge in [-0.3, -0.25) is 0 Å². The van der Waals surface area contributed by atoms with Gasteiger partial charge in [0.2, 0.25) is 0 Å². The van der Waals surface area contributed by atoms with Gasteiger partial charge < -0.3 is 0 Å². The molecule has 0 aliphatic heterocycles. The van der Waals surface area contributed by atoms with Crippen LogP contribution >= 0.6 is 0 Å². The fourth-order valence-corrected chi connectivity index (χ4v) is 2.38. The van der Waals surface area contributed by atoms with Crippen LogP contribution in [0.4, 0.5) is 0 Å². The summed E-state index contributed by atoms with van der Waals surface area (Å²) in [6.45, 7) is 9.21. The summed E-state index contributed by atoms with van der Waals surface area (Å²) in [5.74, 6) is 1.49. The van der Waals surface area contributed by atoms with Crippen LogP contribution < -0.4 is 0 Å². The topological polar surface area (TPSA) is 0 Å². The van der Waals surface area contributed by atoms with Crippen LogP contribution in [0, 0.1) is 5.92 Å². The molecule has 0 nitrogen and oxygen atoms in total. The monoisotopic (exact) mass is 204 g/mol. The average molecular weight is 204 g/mol. The maximum Gasteiger partial charge on any atom is -0.0136 e. The van der Waals surface area contributed by atoms with Crippen molar-refractivity contribution in [2.24, 2.45) is 5.92 Å². The molecule has 0 heteroatoms. The van der Waals surface area contributed by atoms with Crippen molar-refractivity contribution >= 4 is 0 Å². The zero-order valence-corrected chi connectivity index (χ0v) is 10.6. The van der Waals surface area contributed by atoms with Crippen molar-refractivity contribution in [2.75, 3.05) is 0 Å². The molecule has 0 saturated carbocycles. The molecule has 1 aromatic carbocycles. The van der Waals surface area contributed by atoms with Gasteiger partial charge >= 0.3 is 0 Å². The second-order valence-electron chi connectivity index (χ2n) is 4.69. The molecule has 0 aromatic heterocycles. The van der Waals surface area contributed by atoms with Crippen LogP contribution in [-0.4, -0.2) is 0 Å². The predicted octanol–water partition coefficient (Wildman–Crippen LogP) is 4.79. The minimum absolute atomic E-state index is 0.742. The minimum atomic E-state index is 0.742. The molecule has 1 atom stereocenters. The smallest absolute Gasteiger partial charge is 0.0136 e. The molecular weight excluding hydrogens is 180 g/mol. The van der Waals surface area contributed by atoms with Crippen molar-refractivity contribution in [1.82, 2.24) is 0 Å². The molecule has 84 valence electrons. The summed E-state index contributed by atoms with van der Waals surface area (Å²) in [6.07, 6.45) is 3.75. The Hall–Kier alpha value is -0.780. The molecule has 0 radical (unpaired) electrons. The summed E-state index contributed by atoms with van der Waals surface area (Å²) in [4.78, 5) is 0. The van der Waals surface area contributed by atoms with Crippen LogP contribution in [0.5, 0.6) is 0 Å². The highest BCUT2D eigenvalue weighted by Crippen LogP contribution is 2.31. The van der Waals surface area contributed by atoms with E-state index in [-0.39, 0.29) is 0 Å². The first kappa shape index (κ1) is 12.3. The molecular formula is C15H24. The minimum Gasteiger partial charge on any atom is -0.0654 e. The van der Waals surface area contributed by atoms with Crippen LogP contribution in [-0.2, 0) is 6.42 Å². The zero-order chi connectivity index (χ0) is 11.3. The number of rotatable bonds is 5. The molecule has 0 aliphatic carbocycles. The molecule has 1 rings (SSSR count). The molecule has 15 heavy (non-hydrogen) atoms. The Morgan fingerprint density at radius 3 is 2.27 bits per heavy atom. The van der Waals surface area contributed by atoms with Gasteiger partial charge in [-0.2, -0.15) is 0 Å². The summed E-state index contributed by atoms with van der Waals surface area (Å²) in [5, 5.41) is 0. The van der Waals surface area contributed by atoms with E-state index in [0.29, 0.717) is 0 Å². The van der Waals surface area contributed by atoms with Crippen molar-refractivity contribution in [1.29, 1.82) is 0 Å². The third-order valence-corrected chi connectivity index (χ3v) is 3.24. The van der Waals surface area contributed by atoms with Crippen molar-refractivity contribution in [3.8, 4) is 0 Å². The number of aryl methyl sites for hydroxylation is 1. The number of benzene rings is 1. The molecule has 1 unspecified atom stereocenters. The quantitative estimate of drug-likeness (QED) is 0.647. The Bertz CT molecular complexity index is 286. The van der Waals surface area contributed by atoms with Crippen molar-refractivity contribution in [3.05, 3.63) is 35.4 Å². The maximum atomic E-state index is 2.34. The van der Waals surface area contributed by atoms with Gasteiger partial charge in [0.05, 0.1) is 0 Å². The first-order chi connectivity index (χ1) is 7.20. The molecule has 0 aliphatic rings. The number of hydrogen-bond acceptors (Lipinski definition) is 0. The fraction of sp³-hybridized carbons (Fsp3) is 0.600. The lowest BCUT2D eigenvalue weighted by atomic mass is 9.82. The van der Waals surface area contributed by atoms with E-state index < -0.39 is 0 Å². The zero-order valence-electron chi connectivity index (χ0n) is 10.6. The Morgan fingerprint density at radius 2 is 1.73 bits per heavy atom. The van der Waals surface area contributed by atoms with E-state index in [4.69, 9.17) is 0 Å². The summed E-state index contributed by atoms with van der Waals surface area (Å²) < 4.78 is 0. The lowest BCUT2D eigenvalue weighted by Gasteiger charge is -2.23. The lowest BCUT2D eigenvalue weighted by molar-refractivity contribution is 0.461. The highest BCUT2D eigenvalue weighted by molar-refractivity contribution is 5.30. The maximum absolute atomic E-state index is 2.34. The van der Waals surface area contributed by atoms with Crippen molar-refractivity contribution in [2.45, 2.75) is 52.9 Å². The number of hydrogen-bond donors (Lipinski definition) is 0. The molecule has 1 aromatic rings. The summed E-state index contributed by atoms with van der Waals surface area (Å²) >= 11 is 0. The van der Waals surface area contributed by atoms with E-state index >= 15 is 0 Å². The first-order valence-electron chi connectivity index (χ1n) is 6.28. The van der Waals surface area contributed by atoms with Gasteiger partial charge in [0.25, 0.3) is 0 Å². The van der Waals surface area contributed by atoms with E-state index in [2.05, 4.69) is 52.0 Å². The van der Waals surface area contributed by atoms with Crippen LogP contribution in [0.25, 0.3) is 0 Å². The third kappa shape index (κ3) is 3.09. The Morgan fingerprint density at radius 1 is 1.07 bits per heavy atom. The molecule has 0 saturated heterocycles. The highest BCUT2D eigenvalue weighted by atomic mass is 14.2. The normalized spacial score (nSPS) is 13.1. The van der Waals surface area contributed by atoms with Gasteiger partial charge in [-0.05, 0) is 35.8 Å². The molecule has 0 N–H and O–H groups in total. The van der Waals surface area contributed by atoms with Crippen LogP contribution in [0.1, 0.15) is 57.6 Å².